The molecule has 1 aliphatic carbocycles. The molecule has 4 nitrogen and oxygen atoms in total. The highest BCUT2D eigenvalue weighted by atomic mass is 16.3. The van der Waals surface area contributed by atoms with Crippen LogP contribution < -0.4 is 5.32 Å². The first-order valence-corrected chi connectivity index (χ1v) is 5.85. The molecule has 1 heterocycles. The first kappa shape index (κ1) is 11.4. The zero-order chi connectivity index (χ0) is 11.4. The van der Waals surface area contributed by atoms with E-state index in [4.69, 9.17) is 5.11 Å². The number of aromatic nitrogens is 2. The molecule has 0 aromatic carbocycles. The SMILES string of the molecule is CCn1cc(CN[C@@H]2C=C[C@H](CO)C2)cn1. The van der Waals surface area contributed by atoms with E-state index in [9.17, 15) is 0 Å². The molecule has 1 aliphatic rings. The number of nitrogens with zero attached hydrogens (tertiary/aromatic N) is 2. The van der Waals surface area contributed by atoms with Crippen LogP contribution in [0.15, 0.2) is 24.5 Å². The summed E-state index contributed by atoms with van der Waals surface area (Å²) < 4.78 is 1.93. The van der Waals surface area contributed by atoms with E-state index in [-0.39, 0.29) is 6.61 Å². The largest absolute Gasteiger partial charge is 0.396 e. The Morgan fingerprint density at radius 3 is 3.06 bits per heavy atom. The Hall–Kier alpha value is -1.13. The summed E-state index contributed by atoms with van der Waals surface area (Å²) in [6.07, 6.45) is 9.20. The summed E-state index contributed by atoms with van der Waals surface area (Å²) >= 11 is 0. The van der Waals surface area contributed by atoms with Crippen LogP contribution >= 0.6 is 0 Å². The lowest BCUT2D eigenvalue weighted by molar-refractivity contribution is 0.246. The molecule has 4 heteroatoms. The van der Waals surface area contributed by atoms with E-state index < -0.39 is 0 Å². The summed E-state index contributed by atoms with van der Waals surface area (Å²) in [6.45, 7) is 4.08. The van der Waals surface area contributed by atoms with Crippen molar-refractivity contribution in [1.82, 2.24) is 15.1 Å². The van der Waals surface area contributed by atoms with Gasteiger partial charge in [0, 0.05) is 43.4 Å². The summed E-state index contributed by atoms with van der Waals surface area (Å²) in [7, 11) is 0. The fraction of sp³-hybridized carbons (Fsp3) is 0.583. The van der Waals surface area contributed by atoms with E-state index in [2.05, 4.69) is 35.7 Å². The number of rotatable bonds is 5. The predicted molar refractivity (Wildman–Crippen MR) is 62.9 cm³/mol. The minimum Gasteiger partial charge on any atom is -0.396 e. The van der Waals surface area contributed by atoms with Gasteiger partial charge in [0.2, 0.25) is 0 Å². The highest BCUT2D eigenvalue weighted by Gasteiger charge is 2.17. The van der Waals surface area contributed by atoms with E-state index in [1.165, 1.54) is 5.56 Å². The third-order valence-corrected chi connectivity index (χ3v) is 2.99. The molecule has 0 unspecified atom stereocenters. The van der Waals surface area contributed by atoms with Gasteiger partial charge in [0.05, 0.1) is 6.20 Å². The van der Waals surface area contributed by atoms with Gasteiger partial charge in [-0.15, -0.1) is 0 Å². The van der Waals surface area contributed by atoms with Gasteiger partial charge in [-0.1, -0.05) is 12.2 Å². The summed E-state index contributed by atoms with van der Waals surface area (Å²) in [5, 5.41) is 16.7. The van der Waals surface area contributed by atoms with Crippen LogP contribution in [-0.2, 0) is 13.1 Å². The van der Waals surface area contributed by atoms with Crippen LogP contribution in [0.1, 0.15) is 18.9 Å². The predicted octanol–water partition coefficient (Wildman–Crippen LogP) is 0.930. The second-order valence-electron chi connectivity index (χ2n) is 4.25. The fourth-order valence-electron chi connectivity index (χ4n) is 1.98. The van der Waals surface area contributed by atoms with Gasteiger partial charge in [-0.25, -0.2) is 0 Å². The monoisotopic (exact) mass is 221 g/mol. The van der Waals surface area contributed by atoms with Crippen molar-refractivity contribution in [2.75, 3.05) is 6.61 Å². The van der Waals surface area contributed by atoms with Crippen molar-refractivity contribution in [3.8, 4) is 0 Å². The molecule has 0 fully saturated rings. The van der Waals surface area contributed by atoms with E-state index in [1.807, 2.05) is 10.9 Å². The number of hydrogen-bond acceptors (Lipinski definition) is 3. The van der Waals surface area contributed by atoms with Crippen molar-refractivity contribution in [3.63, 3.8) is 0 Å². The molecule has 0 spiro atoms. The molecule has 2 atom stereocenters. The van der Waals surface area contributed by atoms with Crippen LogP contribution in [0.4, 0.5) is 0 Å². The third kappa shape index (κ3) is 2.71. The molecule has 2 N–H and O–H groups in total. The van der Waals surface area contributed by atoms with Gasteiger partial charge in [0.1, 0.15) is 0 Å². The first-order chi connectivity index (χ1) is 7.81. The molecule has 1 aromatic rings. The number of aliphatic hydroxyl groups excluding tert-OH is 1. The average Bonchev–Trinajstić information content (AvgIpc) is 2.95. The van der Waals surface area contributed by atoms with Crippen LogP contribution in [0, 0.1) is 5.92 Å². The molecule has 0 radical (unpaired) electrons. The van der Waals surface area contributed by atoms with Gasteiger partial charge < -0.3 is 10.4 Å². The number of aliphatic hydroxyl groups is 1. The molecule has 0 bridgehead atoms. The molecule has 2 rings (SSSR count). The maximum Gasteiger partial charge on any atom is 0.0534 e. The maximum atomic E-state index is 9.01. The van der Waals surface area contributed by atoms with Gasteiger partial charge in [0.15, 0.2) is 0 Å². The Bertz CT molecular complexity index is 359. The molecule has 16 heavy (non-hydrogen) atoms. The van der Waals surface area contributed by atoms with E-state index in [1.54, 1.807) is 0 Å². The lowest BCUT2D eigenvalue weighted by atomic mass is 10.1. The molecular weight excluding hydrogens is 202 g/mol. The van der Waals surface area contributed by atoms with Crippen molar-refractivity contribution in [2.24, 2.45) is 5.92 Å². The second kappa shape index (κ2) is 5.27. The Labute approximate surface area is 96.0 Å². The maximum absolute atomic E-state index is 9.01. The zero-order valence-corrected chi connectivity index (χ0v) is 9.63. The Morgan fingerprint density at radius 1 is 1.56 bits per heavy atom. The fourth-order valence-corrected chi connectivity index (χ4v) is 1.98. The van der Waals surface area contributed by atoms with Gasteiger partial charge in [-0.2, -0.15) is 5.10 Å². The molecule has 1 aromatic heterocycles. The number of nitrogens with one attached hydrogen (secondary N) is 1. The summed E-state index contributed by atoms with van der Waals surface area (Å²) in [5.74, 6) is 0.330. The van der Waals surface area contributed by atoms with Crippen LogP contribution in [0.5, 0.6) is 0 Å². The zero-order valence-electron chi connectivity index (χ0n) is 9.63. The first-order valence-electron chi connectivity index (χ1n) is 5.85. The Kier molecular flexibility index (Phi) is 3.74. The molecule has 0 amide bonds. The Morgan fingerprint density at radius 2 is 2.44 bits per heavy atom. The second-order valence-corrected chi connectivity index (χ2v) is 4.25. The van der Waals surface area contributed by atoms with Crippen molar-refractivity contribution in [2.45, 2.75) is 32.5 Å². The van der Waals surface area contributed by atoms with Gasteiger partial charge in [-0.05, 0) is 13.3 Å². The van der Waals surface area contributed by atoms with Crippen molar-refractivity contribution < 1.29 is 5.11 Å². The number of hydrogen-bond donors (Lipinski definition) is 2. The number of aryl methyl sites for hydroxylation is 1. The average molecular weight is 221 g/mol. The lowest BCUT2D eigenvalue weighted by Crippen LogP contribution is -2.25. The van der Waals surface area contributed by atoms with Crippen LogP contribution in [-0.4, -0.2) is 27.5 Å². The summed E-state index contributed by atoms with van der Waals surface area (Å²) in [6, 6.07) is 0.391. The molecule has 0 aliphatic heterocycles. The minimum atomic E-state index is 0.252. The molecular formula is C12H19N3O. The topological polar surface area (TPSA) is 50.1 Å². The third-order valence-electron chi connectivity index (χ3n) is 2.99. The highest BCUT2D eigenvalue weighted by Crippen LogP contribution is 2.17. The van der Waals surface area contributed by atoms with E-state index >= 15 is 0 Å². The van der Waals surface area contributed by atoms with Crippen LogP contribution in [0.2, 0.25) is 0 Å². The normalized spacial score (nSPS) is 24.1. The summed E-state index contributed by atoms with van der Waals surface area (Å²) in [5.41, 5.74) is 1.21. The van der Waals surface area contributed by atoms with Crippen molar-refractivity contribution in [3.05, 3.63) is 30.1 Å². The summed E-state index contributed by atoms with van der Waals surface area (Å²) in [4.78, 5) is 0. The van der Waals surface area contributed by atoms with Crippen molar-refractivity contribution >= 4 is 0 Å². The van der Waals surface area contributed by atoms with Crippen LogP contribution in [0.3, 0.4) is 0 Å². The standard InChI is InChI=1S/C12H19N3O/c1-2-15-8-11(7-14-15)6-13-12-4-3-10(5-12)9-16/h3-4,7-8,10,12-13,16H,2,5-6,9H2,1H3/t10-,12+/m0/s1. The van der Waals surface area contributed by atoms with E-state index in [0.717, 1.165) is 19.5 Å². The van der Waals surface area contributed by atoms with Crippen LogP contribution in [0.25, 0.3) is 0 Å². The van der Waals surface area contributed by atoms with Gasteiger partial charge >= 0.3 is 0 Å². The highest BCUT2D eigenvalue weighted by molar-refractivity contribution is 5.08. The lowest BCUT2D eigenvalue weighted by Gasteiger charge is -2.11. The minimum absolute atomic E-state index is 0.252. The molecule has 88 valence electrons. The quantitative estimate of drug-likeness (QED) is 0.727. The Balaban J connectivity index is 1.78. The van der Waals surface area contributed by atoms with Gasteiger partial charge in [0.25, 0.3) is 0 Å². The van der Waals surface area contributed by atoms with Gasteiger partial charge in [-0.3, -0.25) is 4.68 Å². The van der Waals surface area contributed by atoms with E-state index in [0.29, 0.717) is 12.0 Å². The molecule has 0 saturated heterocycles. The molecule has 0 saturated carbocycles. The van der Waals surface area contributed by atoms with Crippen molar-refractivity contribution in [1.29, 1.82) is 0 Å². The smallest absolute Gasteiger partial charge is 0.0534 e.